The maximum atomic E-state index is 13.1. The van der Waals surface area contributed by atoms with Gasteiger partial charge in [-0.05, 0) is 55.4 Å². The summed E-state index contributed by atoms with van der Waals surface area (Å²) in [5.41, 5.74) is 1.78. The number of rotatable bonds is 7. The summed E-state index contributed by atoms with van der Waals surface area (Å²) < 4.78 is 36.4. The first-order valence-corrected chi connectivity index (χ1v) is 12.1. The monoisotopic (exact) mass is 440 g/mol. The van der Waals surface area contributed by atoms with Crippen molar-refractivity contribution >= 4 is 10.0 Å². The van der Waals surface area contributed by atoms with Crippen molar-refractivity contribution in [3.63, 3.8) is 0 Å². The normalized spacial score (nSPS) is 21.7. The highest BCUT2D eigenvalue weighted by molar-refractivity contribution is 7.89. The van der Waals surface area contributed by atoms with Crippen LogP contribution in [-0.4, -0.2) is 36.3 Å². The van der Waals surface area contributed by atoms with E-state index in [0.717, 1.165) is 36.8 Å². The Balaban J connectivity index is 1.52. The lowest BCUT2D eigenvalue weighted by molar-refractivity contribution is 0.146. The zero-order chi connectivity index (χ0) is 21.9. The van der Waals surface area contributed by atoms with Gasteiger partial charge in [0.05, 0.1) is 17.5 Å². The molecule has 3 aromatic rings. The van der Waals surface area contributed by atoms with E-state index in [-0.39, 0.29) is 16.5 Å². The minimum absolute atomic E-state index is 0.167. The predicted octanol–water partition coefficient (Wildman–Crippen LogP) is 3.98. The molecule has 0 aliphatic heterocycles. The molecule has 0 saturated heterocycles. The molecule has 2 atom stereocenters. The summed E-state index contributed by atoms with van der Waals surface area (Å²) in [6, 6.07) is 17.2. The smallest absolute Gasteiger partial charge is 0.316 e. The second-order valence-electron chi connectivity index (χ2n) is 8.07. The summed E-state index contributed by atoms with van der Waals surface area (Å²) in [5, 5.41) is 8.03. The number of sulfonamides is 1. The number of hydrogen-bond donors (Lipinski definition) is 1. The molecule has 1 aliphatic rings. The Bertz CT molecular complexity index is 1110. The molecule has 31 heavy (non-hydrogen) atoms. The number of hydrogen-bond acceptors (Lipinski definition) is 5. The van der Waals surface area contributed by atoms with Crippen LogP contribution in [0.25, 0.3) is 11.1 Å². The molecule has 2 aromatic carbocycles. The van der Waals surface area contributed by atoms with Gasteiger partial charge in [0.1, 0.15) is 6.33 Å². The molecule has 4 rings (SSSR count). The molecule has 164 valence electrons. The molecule has 0 radical (unpaired) electrons. The Morgan fingerprint density at radius 1 is 1.13 bits per heavy atom. The summed E-state index contributed by atoms with van der Waals surface area (Å²) in [6.07, 6.45) is 5.83. The van der Waals surface area contributed by atoms with Crippen molar-refractivity contribution < 1.29 is 13.2 Å². The summed E-state index contributed by atoms with van der Waals surface area (Å²) in [5.74, 6) is 0. The summed E-state index contributed by atoms with van der Waals surface area (Å²) in [6.45, 7) is 2.11. The van der Waals surface area contributed by atoms with Gasteiger partial charge in [0.25, 0.3) is 0 Å². The predicted molar refractivity (Wildman–Crippen MR) is 119 cm³/mol. The molecule has 1 aromatic heterocycles. The molecule has 1 fully saturated rings. The highest BCUT2D eigenvalue weighted by atomic mass is 32.2. The van der Waals surface area contributed by atoms with Crippen molar-refractivity contribution in [2.45, 2.75) is 55.5 Å². The van der Waals surface area contributed by atoms with E-state index in [0.29, 0.717) is 12.4 Å². The molecular weight excluding hydrogens is 412 g/mol. The molecule has 0 spiro atoms. The Morgan fingerprint density at radius 3 is 2.52 bits per heavy atom. The quantitative estimate of drug-likeness (QED) is 0.601. The molecule has 0 amide bonds. The van der Waals surface area contributed by atoms with Gasteiger partial charge in [-0.1, -0.05) is 54.5 Å². The van der Waals surface area contributed by atoms with E-state index < -0.39 is 10.0 Å². The third-order valence-corrected chi connectivity index (χ3v) is 7.82. The van der Waals surface area contributed by atoms with Crippen molar-refractivity contribution in [3.8, 4) is 17.1 Å². The first kappa shape index (κ1) is 21.5. The molecule has 1 N–H and O–H groups in total. The van der Waals surface area contributed by atoms with Crippen molar-refractivity contribution in [1.29, 1.82) is 0 Å². The Morgan fingerprint density at radius 2 is 1.84 bits per heavy atom. The van der Waals surface area contributed by atoms with E-state index in [9.17, 15) is 8.42 Å². The number of ether oxygens (including phenoxy) is 1. The van der Waals surface area contributed by atoms with Gasteiger partial charge in [0.15, 0.2) is 0 Å². The Labute approximate surface area is 183 Å². The van der Waals surface area contributed by atoms with Crippen LogP contribution in [0.3, 0.4) is 0 Å². The van der Waals surface area contributed by atoms with Crippen LogP contribution in [0.2, 0.25) is 0 Å². The SMILES string of the molecule is CC[C@@]1(n2cnnc2OC)CCC[C@H](NS(=O)(=O)c2ccc(-c3ccccc3)cc2)C1. The molecule has 8 heteroatoms. The van der Waals surface area contributed by atoms with Crippen LogP contribution in [0.15, 0.2) is 65.8 Å². The van der Waals surface area contributed by atoms with Crippen LogP contribution in [-0.2, 0) is 15.6 Å². The first-order valence-electron chi connectivity index (χ1n) is 10.6. The fourth-order valence-corrected chi connectivity index (χ4v) is 5.86. The summed E-state index contributed by atoms with van der Waals surface area (Å²) in [7, 11) is -2.05. The van der Waals surface area contributed by atoms with Crippen molar-refractivity contribution in [2.75, 3.05) is 7.11 Å². The van der Waals surface area contributed by atoms with Gasteiger partial charge >= 0.3 is 6.01 Å². The van der Waals surface area contributed by atoms with E-state index in [1.165, 1.54) is 0 Å². The number of aromatic nitrogens is 3. The van der Waals surface area contributed by atoms with E-state index in [1.807, 2.05) is 47.0 Å². The zero-order valence-electron chi connectivity index (χ0n) is 17.9. The van der Waals surface area contributed by atoms with Crippen LogP contribution in [0.4, 0.5) is 0 Å². The molecule has 0 bridgehead atoms. The number of nitrogens with zero attached hydrogens (tertiary/aromatic N) is 3. The fourth-order valence-electron chi connectivity index (χ4n) is 4.58. The van der Waals surface area contributed by atoms with E-state index >= 15 is 0 Å². The van der Waals surface area contributed by atoms with Crippen LogP contribution in [0, 0.1) is 0 Å². The lowest BCUT2D eigenvalue weighted by atomic mass is 9.77. The third kappa shape index (κ3) is 4.36. The minimum Gasteiger partial charge on any atom is -0.467 e. The average Bonchev–Trinajstić information content (AvgIpc) is 3.29. The van der Waals surface area contributed by atoms with Crippen LogP contribution in [0.1, 0.15) is 39.0 Å². The lowest BCUT2D eigenvalue weighted by Gasteiger charge is -2.41. The van der Waals surface area contributed by atoms with Gasteiger partial charge in [-0.3, -0.25) is 4.57 Å². The summed E-state index contributed by atoms with van der Waals surface area (Å²) >= 11 is 0. The Kier molecular flexibility index (Phi) is 6.11. The Hall–Kier alpha value is -2.71. The maximum Gasteiger partial charge on any atom is 0.316 e. The molecule has 1 saturated carbocycles. The van der Waals surface area contributed by atoms with Crippen molar-refractivity contribution in [3.05, 3.63) is 60.9 Å². The number of methoxy groups -OCH3 is 1. The minimum atomic E-state index is -3.62. The number of nitrogens with one attached hydrogen (secondary N) is 1. The molecule has 1 heterocycles. The second-order valence-corrected chi connectivity index (χ2v) is 9.78. The van der Waals surface area contributed by atoms with Gasteiger partial charge in [-0.2, -0.15) is 0 Å². The van der Waals surface area contributed by atoms with Crippen LogP contribution < -0.4 is 9.46 Å². The number of benzene rings is 2. The average molecular weight is 441 g/mol. The van der Waals surface area contributed by atoms with Crippen LogP contribution >= 0.6 is 0 Å². The van der Waals surface area contributed by atoms with E-state index in [4.69, 9.17) is 4.74 Å². The molecule has 0 unspecified atom stereocenters. The van der Waals surface area contributed by atoms with Gasteiger partial charge in [-0.15, -0.1) is 5.10 Å². The highest BCUT2D eigenvalue weighted by Crippen LogP contribution is 2.40. The molecule has 1 aliphatic carbocycles. The van der Waals surface area contributed by atoms with Gasteiger partial charge in [0, 0.05) is 6.04 Å². The molecule has 7 nitrogen and oxygen atoms in total. The van der Waals surface area contributed by atoms with Crippen molar-refractivity contribution in [2.24, 2.45) is 0 Å². The van der Waals surface area contributed by atoms with E-state index in [1.54, 1.807) is 25.6 Å². The van der Waals surface area contributed by atoms with Crippen molar-refractivity contribution in [1.82, 2.24) is 19.5 Å². The fraction of sp³-hybridized carbons (Fsp3) is 0.391. The van der Waals surface area contributed by atoms with Crippen LogP contribution in [0.5, 0.6) is 6.01 Å². The topological polar surface area (TPSA) is 86.1 Å². The maximum absolute atomic E-state index is 13.1. The first-order chi connectivity index (χ1) is 15.0. The second kappa shape index (κ2) is 8.80. The highest BCUT2D eigenvalue weighted by Gasteiger charge is 2.39. The summed E-state index contributed by atoms with van der Waals surface area (Å²) in [4.78, 5) is 0.279. The standard InChI is InChI=1S/C23H28N4O3S/c1-3-23(27-17-24-25-22(27)30-2)15-7-10-20(16-23)26-31(28,29)21-13-11-19(12-14-21)18-8-5-4-6-9-18/h4-6,8-9,11-14,17,20,26H,3,7,10,15-16H2,1-2H3/t20-,23+/m0/s1. The third-order valence-electron chi connectivity index (χ3n) is 6.28. The van der Waals surface area contributed by atoms with E-state index in [2.05, 4.69) is 21.8 Å². The zero-order valence-corrected chi connectivity index (χ0v) is 18.7. The van der Waals surface area contributed by atoms with Gasteiger partial charge in [-0.25, -0.2) is 13.1 Å². The largest absolute Gasteiger partial charge is 0.467 e. The van der Waals surface area contributed by atoms with Gasteiger partial charge in [0.2, 0.25) is 10.0 Å². The lowest BCUT2D eigenvalue weighted by Crippen LogP contribution is -2.46. The molecular formula is C23H28N4O3S. The van der Waals surface area contributed by atoms with Gasteiger partial charge < -0.3 is 4.74 Å².